The van der Waals surface area contributed by atoms with E-state index in [2.05, 4.69) is 67.5 Å². The Bertz CT molecular complexity index is 527. The van der Waals surface area contributed by atoms with E-state index in [0.717, 1.165) is 6.29 Å². The normalized spacial score (nSPS) is 9.14. The molecule has 2 aromatic rings. The van der Waals surface area contributed by atoms with Gasteiger partial charge >= 0.3 is 0 Å². The highest BCUT2D eigenvalue weighted by atomic mass is 31.1. The van der Waals surface area contributed by atoms with Gasteiger partial charge in [0.25, 0.3) is 0 Å². The Morgan fingerprint density at radius 3 is 1.50 bits per heavy atom. The molecule has 0 saturated heterocycles. The molecule has 0 atom stereocenters. The summed E-state index contributed by atoms with van der Waals surface area (Å²) in [5, 5.41) is 6.31. The summed E-state index contributed by atoms with van der Waals surface area (Å²) in [6.45, 7) is 7.81. The van der Waals surface area contributed by atoms with Crippen molar-refractivity contribution in [1.82, 2.24) is 5.09 Å². The van der Waals surface area contributed by atoms with Gasteiger partial charge in [-0.25, -0.2) is 0 Å². The van der Waals surface area contributed by atoms with E-state index in [0.29, 0.717) is 0 Å². The van der Waals surface area contributed by atoms with Crippen LogP contribution >= 0.6 is 8.07 Å². The Balaban J connectivity index is 0.000000789. The van der Waals surface area contributed by atoms with E-state index in [9.17, 15) is 0 Å². The summed E-state index contributed by atoms with van der Waals surface area (Å²) in [5.74, 6) is 0. The van der Waals surface area contributed by atoms with E-state index in [1.165, 1.54) is 28.7 Å². The zero-order chi connectivity index (χ0) is 17.0. The monoisotopic (exact) mass is 317 g/mol. The van der Waals surface area contributed by atoms with Crippen molar-refractivity contribution < 1.29 is 9.59 Å². The maximum Gasteiger partial charge on any atom is 0.116 e. The molecular formula is C18H24NO2P. The topological polar surface area (TPSA) is 46.2 Å². The van der Waals surface area contributed by atoms with Crippen LogP contribution in [0.4, 0.5) is 0 Å². The number of carbonyl (C=O) groups excluding carboxylic acids is 2. The summed E-state index contributed by atoms with van der Waals surface area (Å²) in [7, 11) is 1.61. The van der Waals surface area contributed by atoms with Gasteiger partial charge in [-0.15, -0.1) is 0 Å². The minimum Gasteiger partial charge on any atom is -0.307 e. The van der Waals surface area contributed by atoms with Crippen LogP contribution in [0, 0.1) is 13.8 Å². The highest BCUT2D eigenvalue weighted by molar-refractivity contribution is 7.71. The standard InChI is InChI=1S/C15H18NP.C2H4O.CH2O/c1-12-8-4-6-10-14(12)17(16-3)15-11-7-5-9-13(15)2;1-2-3;1-2/h4-11,16H,1-3H3;2H,1H3;1H2. The Labute approximate surface area is 134 Å². The molecule has 0 radical (unpaired) electrons. The summed E-state index contributed by atoms with van der Waals surface area (Å²) >= 11 is 0. The maximum absolute atomic E-state index is 8.81. The van der Waals surface area contributed by atoms with Gasteiger partial charge in [-0.05, 0) is 49.6 Å². The van der Waals surface area contributed by atoms with Crippen molar-refractivity contribution in [3.05, 3.63) is 59.7 Å². The molecule has 2 aromatic carbocycles. The summed E-state index contributed by atoms with van der Waals surface area (Å²) < 4.78 is 0. The molecule has 2 rings (SSSR count). The molecule has 22 heavy (non-hydrogen) atoms. The molecule has 0 fully saturated rings. The molecule has 4 heteroatoms. The predicted molar refractivity (Wildman–Crippen MR) is 96.5 cm³/mol. The third-order valence-electron chi connectivity index (χ3n) is 2.94. The number of aryl methyl sites for hydroxylation is 2. The fraction of sp³-hybridized carbons (Fsp3) is 0.222. The Kier molecular flexibility index (Phi) is 10.8. The molecule has 0 aliphatic rings. The minimum absolute atomic E-state index is 0.440. The quantitative estimate of drug-likeness (QED) is 0.699. The van der Waals surface area contributed by atoms with E-state index in [-0.39, 0.29) is 0 Å². The molecule has 3 nitrogen and oxygen atoms in total. The van der Waals surface area contributed by atoms with Crippen LogP contribution in [0.3, 0.4) is 0 Å². The van der Waals surface area contributed by atoms with Crippen molar-refractivity contribution in [1.29, 1.82) is 0 Å². The maximum atomic E-state index is 8.81. The van der Waals surface area contributed by atoms with Gasteiger partial charge in [-0.1, -0.05) is 48.5 Å². The van der Waals surface area contributed by atoms with Crippen LogP contribution in [0.15, 0.2) is 48.5 Å². The molecule has 0 unspecified atom stereocenters. The Morgan fingerprint density at radius 1 is 0.909 bits per heavy atom. The van der Waals surface area contributed by atoms with Gasteiger partial charge in [0.15, 0.2) is 0 Å². The average Bonchev–Trinajstić information content (AvgIpc) is 2.54. The molecule has 0 amide bonds. The van der Waals surface area contributed by atoms with Crippen molar-refractivity contribution in [2.24, 2.45) is 0 Å². The van der Waals surface area contributed by atoms with Crippen molar-refractivity contribution in [3.63, 3.8) is 0 Å². The molecule has 0 saturated carbocycles. The molecule has 0 aromatic heterocycles. The second-order valence-corrected chi connectivity index (χ2v) is 6.45. The number of benzene rings is 2. The summed E-state index contributed by atoms with van der Waals surface area (Å²) in [6, 6.07) is 17.2. The fourth-order valence-corrected chi connectivity index (χ4v) is 4.07. The van der Waals surface area contributed by atoms with Crippen LogP contribution in [-0.2, 0) is 9.59 Å². The SMILES string of the molecule is C=O.CC=O.CNP(c1ccccc1C)c1ccccc1C. The molecule has 118 valence electrons. The molecule has 1 N–H and O–H groups in total. The Hall–Kier alpha value is -1.83. The van der Waals surface area contributed by atoms with Crippen molar-refractivity contribution in [3.8, 4) is 0 Å². The first-order valence-corrected chi connectivity index (χ1v) is 8.27. The smallest absolute Gasteiger partial charge is 0.116 e. The summed E-state index contributed by atoms with van der Waals surface area (Å²) in [4.78, 5) is 16.8. The van der Waals surface area contributed by atoms with Crippen LogP contribution in [0.5, 0.6) is 0 Å². The molecule has 0 aliphatic carbocycles. The highest BCUT2D eigenvalue weighted by Gasteiger charge is 2.14. The first kappa shape index (κ1) is 20.2. The first-order valence-electron chi connectivity index (χ1n) is 6.93. The molecule has 0 aliphatic heterocycles. The number of nitrogens with one attached hydrogen (secondary N) is 1. The zero-order valence-electron chi connectivity index (χ0n) is 13.7. The highest BCUT2D eigenvalue weighted by Crippen LogP contribution is 2.30. The van der Waals surface area contributed by atoms with E-state index in [1.807, 2.05) is 13.8 Å². The molecule has 0 spiro atoms. The van der Waals surface area contributed by atoms with E-state index in [1.54, 1.807) is 0 Å². The predicted octanol–water partition coefficient (Wildman–Crippen LogP) is 2.89. The lowest BCUT2D eigenvalue weighted by molar-refractivity contribution is -0.106. The van der Waals surface area contributed by atoms with Crippen LogP contribution in [0.25, 0.3) is 0 Å². The summed E-state index contributed by atoms with van der Waals surface area (Å²) in [6.07, 6.45) is 0.750. The first-order chi connectivity index (χ1) is 10.7. The van der Waals surface area contributed by atoms with Crippen molar-refractivity contribution in [2.45, 2.75) is 20.8 Å². The lowest BCUT2D eigenvalue weighted by Crippen LogP contribution is -2.23. The van der Waals surface area contributed by atoms with Crippen molar-refractivity contribution >= 4 is 31.8 Å². The van der Waals surface area contributed by atoms with Gasteiger partial charge in [0.05, 0.1) is 0 Å². The van der Waals surface area contributed by atoms with E-state index < -0.39 is 8.07 Å². The van der Waals surface area contributed by atoms with Gasteiger partial charge in [0.2, 0.25) is 0 Å². The van der Waals surface area contributed by atoms with E-state index in [4.69, 9.17) is 9.59 Å². The number of carbonyl (C=O) groups is 2. The van der Waals surface area contributed by atoms with Crippen LogP contribution in [0.1, 0.15) is 18.1 Å². The summed E-state index contributed by atoms with van der Waals surface area (Å²) in [5.41, 5.74) is 2.72. The van der Waals surface area contributed by atoms with Gasteiger partial charge < -0.3 is 9.59 Å². The minimum atomic E-state index is -0.440. The van der Waals surface area contributed by atoms with Gasteiger partial charge in [0, 0.05) is 8.07 Å². The number of aldehydes is 1. The Morgan fingerprint density at radius 2 is 1.23 bits per heavy atom. The zero-order valence-corrected chi connectivity index (χ0v) is 14.6. The third kappa shape index (κ3) is 5.88. The van der Waals surface area contributed by atoms with E-state index >= 15 is 0 Å². The number of hydrogen-bond donors (Lipinski definition) is 1. The van der Waals surface area contributed by atoms with Crippen LogP contribution in [-0.4, -0.2) is 20.1 Å². The fourth-order valence-electron chi connectivity index (χ4n) is 2.00. The number of hydrogen-bond acceptors (Lipinski definition) is 3. The number of rotatable bonds is 3. The largest absolute Gasteiger partial charge is 0.307 e. The third-order valence-corrected chi connectivity index (χ3v) is 5.35. The second-order valence-electron chi connectivity index (χ2n) is 4.37. The van der Waals surface area contributed by atoms with Crippen LogP contribution in [0.2, 0.25) is 0 Å². The van der Waals surface area contributed by atoms with Gasteiger partial charge in [-0.2, -0.15) is 0 Å². The average molecular weight is 317 g/mol. The van der Waals surface area contributed by atoms with Gasteiger partial charge in [-0.3, -0.25) is 5.09 Å². The molecule has 0 bridgehead atoms. The lowest BCUT2D eigenvalue weighted by Gasteiger charge is -2.21. The van der Waals surface area contributed by atoms with Gasteiger partial charge in [0.1, 0.15) is 13.1 Å². The van der Waals surface area contributed by atoms with Crippen molar-refractivity contribution in [2.75, 3.05) is 7.05 Å². The van der Waals surface area contributed by atoms with Crippen LogP contribution < -0.4 is 15.7 Å². The lowest BCUT2D eigenvalue weighted by atomic mass is 10.2. The molecule has 0 heterocycles. The molecular weight excluding hydrogens is 293 g/mol. The second kappa shape index (κ2) is 11.8.